The van der Waals surface area contributed by atoms with Crippen molar-refractivity contribution in [2.24, 2.45) is 17.8 Å². The van der Waals surface area contributed by atoms with E-state index in [0.717, 1.165) is 42.1 Å². The number of hydrogen-bond donors (Lipinski definition) is 0. The first-order valence-corrected chi connectivity index (χ1v) is 10.3. The average molecular weight is 353 g/mol. The van der Waals surface area contributed by atoms with Crippen LogP contribution in [-0.4, -0.2) is 6.61 Å². The van der Waals surface area contributed by atoms with E-state index < -0.39 is 0 Å². The summed E-state index contributed by atoms with van der Waals surface area (Å²) in [4.78, 5) is 0. The number of alkyl halides is 1. The molecule has 1 nitrogen and oxygen atoms in total. The lowest BCUT2D eigenvalue weighted by molar-refractivity contribution is 0.274. The van der Waals surface area contributed by atoms with Gasteiger partial charge in [0.25, 0.3) is 0 Å². The molecule has 0 radical (unpaired) electrons. The predicted octanol–water partition coefficient (Wildman–Crippen LogP) is 7.46. The van der Waals surface area contributed by atoms with Crippen molar-refractivity contribution in [2.75, 3.05) is 6.61 Å². The highest BCUT2D eigenvalue weighted by molar-refractivity contribution is 6.17. The molecule has 0 aliphatic heterocycles. The molecule has 0 bridgehead atoms. The fraction of sp³-hybridized carbons (Fsp3) is 0.727. The molecule has 24 heavy (non-hydrogen) atoms. The summed E-state index contributed by atoms with van der Waals surface area (Å²) < 4.78 is 5.84. The molecule has 2 unspecified atom stereocenters. The topological polar surface area (TPSA) is 9.23 Å². The molecule has 1 rings (SSSR count). The van der Waals surface area contributed by atoms with Crippen LogP contribution in [0.4, 0.5) is 0 Å². The molecular weight excluding hydrogens is 316 g/mol. The van der Waals surface area contributed by atoms with Crippen molar-refractivity contribution in [3.8, 4) is 5.75 Å². The van der Waals surface area contributed by atoms with Gasteiger partial charge in [-0.3, -0.25) is 0 Å². The van der Waals surface area contributed by atoms with Crippen molar-refractivity contribution in [1.29, 1.82) is 0 Å². The van der Waals surface area contributed by atoms with E-state index in [1.165, 1.54) is 38.5 Å². The van der Waals surface area contributed by atoms with Crippen molar-refractivity contribution in [3.63, 3.8) is 0 Å². The first kappa shape index (κ1) is 21.4. The summed E-state index contributed by atoms with van der Waals surface area (Å²) in [5, 5.41) is 0. The second-order valence-corrected chi connectivity index (χ2v) is 8.15. The van der Waals surface area contributed by atoms with Crippen LogP contribution in [0.1, 0.15) is 78.2 Å². The van der Waals surface area contributed by atoms with Gasteiger partial charge in [-0.2, -0.15) is 0 Å². The standard InChI is InChI=1S/C22H37ClO/c1-18(2)7-5-8-19(3)9-6-10-20(4)15-16-24-22-13-11-21(17-23)12-14-22/h11-14,18-20H,5-10,15-17H2,1-4H3. The quantitative estimate of drug-likeness (QED) is 0.334. The smallest absolute Gasteiger partial charge is 0.119 e. The number of halogens is 1. The van der Waals surface area contributed by atoms with Crippen LogP contribution in [0.5, 0.6) is 5.75 Å². The van der Waals surface area contributed by atoms with Gasteiger partial charge in [0, 0.05) is 5.88 Å². The Hall–Kier alpha value is -0.690. The molecule has 1 aromatic rings. The van der Waals surface area contributed by atoms with Gasteiger partial charge >= 0.3 is 0 Å². The van der Waals surface area contributed by atoms with E-state index in [0.29, 0.717) is 5.88 Å². The molecule has 0 aliphatic rings. The van der Waals surface area contributed by atoms with Gasteiger partial charge in [-0.15, -0.1) is 11.6 Å². The van der Waals surface area contributed by atoms with Gasteiger partial charge in [0.05, 0.1) is 6.61 Å². The second-order valence-electron chi connectivity index (χ2n) is 7.88. The first-order chi connectivity index (χ1) is 11.5. The molecular formula is C22H37ClO. The average Bonchev–Trinajstić information content (AvgIpc) is 2.55. The Balaban J connectivity index is 2.05. The molecule has 0 aliphatic carbocycles. The van der Waals surface area contributed by atoms with Gasteiger partial charge in [-0.05, 0) is 41.9 Å². The van der Waals surface area contributed by atoms with E-state index in [4.69, 9.17) is 16.3 Å². The largest absolute Gasteiger partial charge is 0.494 e. The van der Waals surface area contributed by atoms with E-state index in [9.17, 15) is 0 Å². The van der Waals surface area contributed by atoms with Crippen LogP contribution in [0, 0.1) is 17.8 Å². The number of benzene rings is 1. The molecule has 0 fully saturated rings. The molecule has 0 heterocycles. The van der Waals surface area contributed by atoms with Gasteiger partial charge < -0.3 is 4.74 Å². The van der Waals surface area contributed by atoms with Gasteiger partial charge in [0.1, 0.15) is 5.75 Å². The van der Waals surface area contributed by atoms with Crippen LogP contribution in [-0.2, 0) is 5.88 Å². The minimum Gasteiger partial charge on any atom is -0.494 e. The van der Waals surface area contributed by atoms with Crippen LogP contribution in [0.3, 0.4) is 0 Å². The molecule has 0 saturated heterocycles. The van der Waals surface area contributed by atoms with Crippen LogP contribution in [0.15, 0.2) is 24.3 Å². The SMILES string of the molecule is CC(C)CCCC(C)CCCC(C)CCOc1ccc(CCl)cc1. The van der Waals surface area contributed by atoms with E-state index >= 15 is 0 Å². The van der Waals surface area contributed by atoms with E-state index in [2.05, 4.69) is 27.7 Å². The Kier molecular flexibility index (Phi) is 11.2. The Morgan fingerprint density at radius 1 is 0.792 bits per heavy atom. The lowest BCUT2D eigenvalue weighted by Gasteiger charge is -2.15. The molecule has 0 aromatic heterocycles. The Morgan fingerprint density at radius 2 is 1.33 bits per heavy atom. The molecule has 2 heteroatoms. The zero-order chi connectivity index (χ0) is 17.8. The second kappa shape index (κ2) is 12.6. The minimum atomic E-state index is 0.563. The van der Waals surface area contributed by atoms with Crippen molar-refractivity contribution in [2.45, 2.75) is 78.5 Å². The summed E-state index contributed by atoms with van der Waals surface area (Å²) >= 11 is 5.80. The molecule has 0 saturated carbocycles. The van der Waals surface area contributed by atoms with Gasteiger partial charge in [0.2, 0.25) is 0 Å². The van der Waals surface area contributed by atoms with Crippen molar-refractivity contribution in [3.05, 3.63) is 29.8 Å². The zero-order valence-corrected chi connectivity index (χ0v) is 16.9. The van der Waals surface area contributed by atoms with Crippen LogP contribution in [0.2, 0.25) is 0 Å². The number of ether oxygens (including phenoxy) is 1. The van der Waals surface area contributed by atoms with Gasteiger partial charge in [-0.25, -0.2) is 0 Å². The zero-order valence-electron chi connectivity index (χ0n) is 16.2. The predicted molar refractivity (Wildman–Crippen MR) is 107 cm³/mol. The Bertz CT molecular complexity index is 412. The summed E-state index contributed by atoms with van der Waals surface area (Å²) in [6, 6.07) is 8.10. The molecule has 0 spiro atoms. The Labute approximate surface area is 155 Å². The fourth-order valence-electron chi connectivity index (χ4n) is 3.03. The van der Waals surface area contributed by atoms with Crippen LogP contribution < -0.4 is 4.74 Å². The van der Waals surface area contributed by atoms with E-state index in [1.54, 1.807) is 0 Å². The molecule has 0 N–H and O–H groups in total. The summed E-state index contributed by atoms with van der Waals surface area (Å²) in [7, 11) is 0. The summed E-state index contributed by atoms with van der Waals surface area (Å²) in [5.41, 5.74) is 1.14. The van der Waals surface area contributed by atoms with Crippen molar-refractivity contribution in [1.82, 2.24) is 0 Å². The number of hydrogen-bond acceptors (Lipinski definition) is 1. The van der Waals surface area contributed by atoms with Crippen LogP contribution in [0.25, 0.3) is 0 Å². The lowest BCUT2D eigenvalue weighted by Crippen LogP contribution is -2.05. The number of rotatable bonds is 13. The highest BCUT2D eigenvalue weighted by Crippen LogP contribution is 2.21. The lowest BCUT2D eigenvalue weighted by atomic mass is 9.93. The maximum absolute atomic E-state index is 5.84. The van der Waals surface area contributed by atoms with E-state index in [1.807, 2.05) is 24.3 Å². The summed E-state index contributed by atoms with van der Waals surface area (Å²) in [6.45, 7) is 10.2. The van der Waals surface area contributed by atoms with Crippen molar-refractivity contribution >= 4 is 11.6 Å². The maximum atomic E-state index is 5.84. The first-order valence-electron chi connectivity index (χ1n) is 9.79. The highest BCUT2D eigenvalue weighted by Gasteiger charge is 2.07. The molecule has 138 valence electrons. The third-order valence-electron chi connectivity index (χ3n) is 4.83. The molecule has 1 aromatic carbocycles. The van der Waals surface area contributed by atoms with E-state index in [-0.39, 0.29) is 0 Å². The third-order valence-corrected chi connectivity index (χ3v) is 5.14. The van der Waals surface area contributed by atoms with Crippen LogP contribution >= 0.6 is 11.6 Å². The normalized spacial score (nSPS) is 13.9. The van der Waals surface area contributed by atoms with Crippen molar-refractivity contribution < 1.29 is 4.74 Å². The maximum Gasteiger partial charge on any atom is 0.119 e. The Morgan fingerprint density at radius 3 is 1.88 bits per heavy atom. The summed E-state index contributed by atoms with van der Waals surface area (Å²) in [6.07, 6.45) is 9.36. The minimum absolute atomic E-state index is 0.563. The third kappa shape index (κ3) is 10.2. The van der Waals surface area contributed by atoms with Gasteiger partial charge in [0.15, 0.2) is 0 Å². The molecule has 2 atom stereocenters. The van der Waals surface area contributed by atoms with Gasteiger partial charge in [-0.1, -0.05) is 78.4 Å². The summed E-state index contributed by atoms with van der Waals surface area (Å²) in [5.74, 6) is 3.99. The fourth-order valence-corrected chi connectivity index (χ4v) is 3.21. The monoisotopic (exact) mass is 352 g/mol. The highest BCUT2D eigenvalue weighted by atomic mass is 35.5. The molecule has 0 amide bonds.